The summed E-state index contributed by atoms with van der Waals surface area (Å²) in [6.45, 7) is 1.93. The molecule has 0 unspecified atom stereocenters. The summed E-state index contributed by atoms with van der Waals surface area (Å²) in [4.78, 5) is 2.29. The van der Waals surface area contributed by atoms with Crippen molar-refractivity contribution in [2.45, 2.75) is 4.90 Å². The average Bonchev–Trinajstić information content (AvgIpc) is 2.68. The largest absolute Gasteiger partial charge is 0.508 e. The lowest BCUT2D eigenvalue weighted by Crippen LogP contribution is -2.48. The summed E-state index contributed by atoms with van der Waals surface area (Å²) in [6, 6.07) is 11.5. The molecule has 1 aliphatic heterocycles. The topological polar surface area (TPSA) is 79.3 Å². The Labute approximate surface area is 153 Å². The van der Waals surface area contributed by atoms with Gasteiger partial charge < -0.3 is 19.5 Å². The van der Waals surface area contributed by atoms with Crippen molar-refractivity contribution in [3.63, 3.8) is 0 Å². The molecular formula is C18H22N2O5S. The first-order valence-corrected chi connectivity index (χ1v) is 9.66. The third-order valence-corrected chi connectivity index (χ3v) is 6.34. The van der Waals surface area contributed by atoms with Crippen molar-refractivity contribution in [3.8, 4) is 17.2 Å². The quantitative estimate of drug-likeness (QED) is 0.856. The van der Waals surface area contributed by atoms with Gasteiger partial charge in [-0.1, -0.05) is 0 Å². The summed E-state index contributed by atoms with van der Waals surface area (Å²) < 4.78 is 37.7. The second-order valence-electron chi connectivity index (χ2n) is 5.92. The molecule has 0 radical (unpaired) electrons. The van der Waals surface area contributed by atoms with Gasteiger partial charge in [-0.2, -0.15) is 4.31 Å². The fourth-order valence-electron chi connectivity index (χ4n) is 2.98. The first-order chi connectivity index (χ1) is 12.5. The average molecular weight is 378 g/mol. The van der Waals surface area contributed by atoms with Gasteiger partial charge in [0.25, 0.3) is 0 Å². The molecule has 0 amide bonds. The van der Waals surface area contributed by atoms with Crippen LogP contribution in [0.25, 0.3) is 0 Å². The van der Waals surface area contributed by atoms with Crippen molar-refractivity contribution < 1.29 is 23.0 Å². The monoisotopic (exact) mass is 378 g/mol. The minimum Gasteiger partial charge on any atom is -0.508 e. The molecule has 0 atom stereocenters. The van der Waals surface area contributed by atoms with E-state index in [1.807, 2.05) is 12.1 Å². The van der Waals surface area contributed by atoms with E-state index in [9.17, 15) is 13.5 Å². The Bertz CT molecular complexity index is 860. The van der Waals surface area contributed by atoms with Crippen LogP contribution in [0.5, 0.6) is 17.2 Å². The number of ether oxygens (including phenoxy) is 2. The molecule has 0 aromatic heterocycles. The molecule has 1 saturated heterocycles. The van der Waals surface area contributed by atoms with Crippen LogP contribution < -0.4 is 14.4 Å². The van der Waals surface area contributed by atoms with E-state index in [4.69, 9.17) is 9.47 Å². The van der Waals surface area contributed by atoms with Gasteiger partial charge in [0.2, 0.25) is 10.0 Å². The molecule has 7 nitrogen and oxygen atoms in total. The zero-order valence-electron chi connectivity index (χ0n) is 14.8. The molecule has 1 aliphatic rings. The fourth-order valence-corrected chi connectivity index (χ4v) is 4.41. The molecule has 1 heterocycles. The molecule has 0 bridgehead atoms. The zero-order chi connectivity index (χ0) is 18.7. The van der Waals surface area contributed by atoms with Crippen LogP contribution in [-0.2, 0) is 10.0 Å². The number of phenolic OH excluding ortho intramolecular Hbond substituents is 1. The van der Waals surface area contributed by atoms with Crippen LogP contribution >= 0.6 is 0 Å². The first-order valence-electron chi connectivity index (χ1n) is 8.22. The van der Waals surface area contributed by atoms with E-state index in [1.165, 1.54) is 30.7 Å². The summed E-state index contributed by atoms with van der Waals surface area (Å²) in [6.07, 6.45) is 0. The summed E-state index contributed by atoms with van der Waals surface area (Å²) in [5.74, 6) is 1.09. The highest BCUT2D eigenvalue weighted by atomic mass is 32.2. The Hall–Kier alpha value is -2.45. The van der Waals surface area contributed by atoms with Gasteiger partial charge >= 0.3 is 0 Å². The lowest BCUT2D eigenvalue weighted by Gasteiger charge is -2.35. The van der Waals surface area contributed by atoms with Gasteiger partial charge in [-0.25, -0.2) is 8.42 Å². The Balaban J connectivity index is 1.74. The van der Waals surface area contributed by atoms with Gasteiger partial charge in [-0.3, -0.25) is 0 Å². The molecule has 0 aliphatic carbocycles. The molecule has 1 N–H and O–H groups in total. The normalized spacial score (nSPS) is 15.7. The smallest absolute Gasteiger partial charge is 0.243 e. The van der Waals surface area contributed by atoms with Crippen molar-refractivity contribution in [2.24, 2.45) is 0 Å². The van der Waals surface area contributed by atoms with Gasteiger partial charge in [-0.15, -0.1) is 0 Å². The van der Waals surface area contributed by atoms with Crippen LogP contribution in [-0.4, -0.2) is 58.2 Å². The van der Waals surface area contributed by atoms with E-state index in [1.54, 1.807) is 18.2 Å². The Morgan fingerprint density at radius 3 is 2.08 bits per heavy atom. The third-order valence-electron chi connectivity index (χ3n) is 4.45. The summed E-state index contributed by atoms with van der Waals surface area (Å²) in [5, 5.41) is 9.38. The Kier molecular flexibility index (Phi) is 5.24. The number of anilines is 1. The number of hydrogen-bond acceptors (Lipinski definition) is 6. The Morgan fingerprint density at radius 2 is 1.50 bits per heavy atom. The molecular weight excluding hydrogens is 356 g/mol. The Morgan fingerprint density at radius 1 is 0.885 bits per heavy atom. The van der Waals surface area contributed by atoms with Crippen molar-refractivity contribution in [3.05, 3.63) is 42.5 Å². The highest BCUT2D eigenvalue weighted by Gasteiger charge is 2.29. The second kappa shape index (κ2) is 7.43. The highest BCUT2D eigenvalue weighted by molar-refractivity contribution is 7.89. The van der Waals surface area contributed by atoms with Gasteiger partial charge in [0, 0.05) is 37.9 Å². The molecule has 2 aromatic carbocycles. The third kappa shape index (κ3) is 3.56. The van der Waals surface area contributed by atoms with Crippen LogP contribution in [0.1, 0.15) is 0 Å². The molecule has 0 saturated carbocycles. The van der Waals surface area contributed by atoms with E-state index in [0.717, 1.165) is 5.69 Å². The number of piperazine rings is 1. The van der Waals surface area contributed by atoms with Crippen molar-refractivity contribution >= 4 is 15.7 Å². The SMILES string of the molecule is COc1ccc(S(=O)(=O)N2CCN(c3ccc(O)cc3)CC2)cc1OC. The minimum absolute atomic E-state index is 0.188. The van der Waals surface area contributed by atoms with Crippen LogP contribution in [0.15, 0.2) is 47.4 Å². The van der Waals surface area contributed by atoms with E-state index < -0.39 is 10.0 Å². The van der Waals surface area contributed by atoms with Gasteiger partial charge in [0.1, 0.15) is 5.75 Å². The van der Waals surface area contributed by atoms with Crippen molar-refractivity contribution in [2.75, 3.05) is 45.3 Å². The highest BCUT2D eigenvalue weighted by Crippen LogP contribution is 2.31. The van der Waals surface area contributed by atoms with Gasteiger partial charge in [0.15, 0.2) is 11.5 Å². The van der Waals surface area contributed by atoms with Crippen LogP contribution in [0.3, 0.4) is 0 Å². The van der Waals surface area contributed by atoms with Crippen molar-refractivity contribution in [1.82, 2.24) is 4.31 Å². The summed E-state index contributed by atoms with van der Waals surface area (Å²) in [7, 11) is -0.615. The summed E-state index contributed by atoms with van der Waals surface area (Å²) >= 11 is 0. The van der Waals surface area contributed by atoms with E-state index in [2.05, 4.69) is 4.90 Å². The lowest BCUT2D eigenvalue weighted by molar-refractivity contribution is 0.353. The lowest BCUT2D eigenvalue weighted by atomic mass is 10.2. The minimum atomic E-state index is -3.60. The van der Waals surface area contributed by atoms with E-state index in [0.29, 0.717) is 37.7 Å². The molecule has 0 spiro atoms. The maximum absolute atomic E-state index is 12.9. The number of hydrogen-bond donors (Lipinski definition) is 1. The number of phenols is 1. The molecule has 1 fully saturated rings. The molecule has 26 heavy (non-hydrogen) atoms. The summed E-state index contributed by atoms with van der Waals surface area (Å²) in [5.41, 5.74) is 0.964. The predicted octanol–water partition coefficient (Wildman–Crippen LogP) is 1.92. The number of sulfonamides is 1. The maximum atomic E-state index is 12.9. The van der Waals surface area contributed by atoms with E-state index in [-0.39, 0.29) is 10.6 Å². The number of methoxy groups -OCH3 is 2. The van der Waals surface area contributed by atoms with Crippen LogP contribution in [0.2, 0.25) is 0 Å². The van der Waals surface area contributed by atoms with Gasteiger partial charge in [-0.05, 0) is 36.4 Å². The van der Waals surface area contributed by atoms with Gasteiger partial charge in [0.05, 0.1) is 19.1 Å². The first kappa shape index (κ1) is 18.3. The molecule has 8 heteroatoms. The predicted molar refractivity (Wildman–Crippen MR) is 98.6 cm³/mol. The number of rotatable bonds is 5. The molecule has 140 valence electrons. The second-order valence-corrected chi connectivity index (χ2v) is 7.86. The standard InChI is InChI=1S/C18H22N2O5S/c1-24-17-8-7-16(13-18(17)25-2)26(22,23)20-11-9-19(10-12-20)14-3-5-15(21)6-4-14/h3-8,13,21H,9-12H2,1-2H3. The van der Waals surface area contributed by atoms with E-state index >= 15 is 0 Å². The van der Waals surface area contributed by atoms with Crippen molar-refractivity contribution in [1.29, 1.82) is 0 Å². The van der Waals surface area contributed by atoms with Crippen LogP contribution in [0.4, 0.5) is 5.69 Å². The molecule has 3 rings (SSSR count). The number of benzene rings is 2. The molecule has 2 aromatic rings. The zero-order valence-corrected chi connectivity index (χ0v) is 15.6. The number of aromatic hydroxyl groups is 1. The maximum Gasteiger partial charge on any atom is 0.243 e. The number of nitrogens with zero attached hydrogens (tertiary/aromatic N) is 2. The fraction of sp³-hybridized carbons (Fsp3) is 0.333. The van der Waals surface area contributed by atoms with Crippen LogP contribution in [0, 0.1) is 0 Å².